The average molecular weight is 568 g/mol. The fraction of sp³-hybridized carbons (Fsp3) is 0.400. The summed E-state index contributed by atoms with van der Waals surface area (Å²) in [5.74, 6) is 0.902. The molecule has 220 valence electrons. The van der Waals surface area contributed by atoms with Crippen LogP contribution in [-0.2, 0) is 33.8 Å². The van der Waals surface area contributed by atoms with Crippen molar-refractivity contribution in [3.8, 4) is 5.75 Å². The highest BCUT2D eigenvalue weighted by atomic mass is 16.5. The van der Waals surface area contributed by atoms with Gasteiger partial charge in [-0.2, -0.15) is 0 Å². The third-order valence-corrected chi connectivity index (χ3v) is 8.10. The lowest BCUT2D eigenvalue weighted by Crippen LogP contribution is -2.49. The van der Waals surface area contributed by atoms with Gasteiger partial charge in [-0.25, -0.2) is 0 Å². The highest BCUT2D eigenvalue weighted by Gasteiger charge is 2.30. The monoisotopic (exact) mass is 567 g/mol. The molecule has 2 fully saturated rings. The first-order chi connectivity index (χ1) is 20.5. The van der Waals surface area contributed by atoms with E-state index in [9.17, 15) is 14.4 Å². The van der Waals surface area contributed by atoms with Gasteiger partial charge in [0.1, 0.15) is 18.4 Å². The lowest BCUT2D eigenvalue weighted by molar-refractivity contribution is -0.133. The fourth-order valence-corrected chi connectivity index (χ4v) is 5.39. The van der Waals surface area contributed by atoms with E-state index in [0.29, 0.717) is 39.0 Å². The molecule has 3 aromatic rings. The van der Waals surface area contributed by atoms with E-state index in [-0.39, 0.29) is 29.7 Å². The van der Waals surface area contributed by atoms with Gasteiger partial charge in [-0.3, -0.25) is 14.4 Å². The van der Waals surface area contributed by atoms with Crippen molar-refractivity contribution >= 4 is 17.7 Å². The second-order valence-electron chi connectivity index (χ2n) is 11.5. The molecule has 2 N–H and O–H groups in total. The minimum Gasteiger partial charge on any atom is -0.489 e. The number of likely N-dealkylation sites (tertiary alicyclic amines) is 1. The summed E-state index contributed by atoms with van der Waals surface area (Å²) >= 11 is 0. The Morgan fingerprint density at radius 3 is 2.07 bits per heavy atom. The van der Waals surface area contributed by atoms with Gasteiger partial charge < -0.3 is 20.3 Å². The van der Waals surface area contributed by atoms with Crippen molar-refractivity contribution in [1.82, 2.24) is 15.5 Å². The number of hydrogen-bond acceptors (Lipinski definition) is 4. The molecule has 2 aliphatic rings. The third kappa shape index (κ3) is 9.20. The van der Waals surface area contributed by atoms with E-state index in [2.05, 4.69) is 10.6 Å². The van der Waals surface area contributed by atoms with Crippen LogP contribution in [-0.4, -0.2) is 47.8 Å². The Morgan fingerprint density at radius 2 is 1.43 bits per heavy atom. The van der Waals surface area contributed by atoms with Gasteiger partial charge in [0.05, 0.1) is 0 Å². The van der Waals surface area contributed by atoms with Gasteiger partial charge in [-0.15, -0.1) is 0 Å². The average Bonchev–Trinajstić information content (AvgIpc) is 3.84. The standard InChI is InChI=1S/C35H41N3O4/c39-33(24-28-19-21-38(22-20-28)34(40)18-13-26-7-3-1-4-8-26)37-32(35(41)36-30-14-15-30)23-27-11-16-31(17-12-27)42-25-29-9-5-2-6-10-29/h1-12,16-17,28,30,32H,13-15,18-25H2,(H,36,41)(H,37,39). The molecule has 7 nitrogen and oxygen atoms in total. The number of rotatable bonds is 13. The van der Waals surface area contributed by atoms with E-state index >= 15 is 0 Å². The molecule has 0 radical (unpaired) electrons. The second kappa shape index (κ2) is 14.7. The van der Waals surface area contributed by atoms with E-state index < -0.39 is 6.04 Å². The molecule has 0 bridgehead atoms. The Bertz CT molecular complexity index is 1300. The van der Waals surface area contributed by atoms with E-state index in [1.165, 1.54) is 5.56 Å². The van der Waals surface area contributed by atoms with E-state index in [1.54, 1.807) is 0 Å². The zero-order valence-corrected chi connectivity index (χ0v) is 24.2. The molecular formula is C35H41N3O4. The minimum atomic E-state index is -0.631. The molecule has 7 heteroatoms. The smallest absolute Gasteiger partial charge is 0.243 e. The highest BCUT2D eigenvalue weighted by Crippen LogP contribution is 2.23. The van der Waals surface area contributed by atoms with Crippen molar-refractivity contribution in [3.63, 3.8) is 0 Å². The first kappa shape index (κ1) is 29.4. The molecule has 3 amide bonds. The quantitative estimate of drug-likeness (QED) is 0.310. The van der Waals surface area contributed by atoms with Crippen molar-refractivity contribution in [2.24, 2.45) is 5.92 Å². The molecule has 1 heterocycles. The van der Waals surface area contributed by atoms with Gasteiger partial charge in [0.2, 0.25) is 17.7 Å². The molecule has 1 saturated heterocycles. The van der Waals surface area contributed by atoms with Crippen molar-refractivity contribution in [2.75, 3.05) is 13.1 Å². The van der Waals surface area contributed by atoms with Gasteiger partial charge in [-0.05, 0) is 66.8 Å². The molecule has 0 aromatic heterocycles. The van der Waals surface area contributed by atoms with E-state index in [1.807, 2.05) is 89.8 Å². The van der Waals surface area contributed by atoms with Crippen LogP contribution < -0.4 is 15.4 Å². The highest BCUT2D eigenvalue weighted by molar-refractivity contribution is 5.88. The van der Waals surface area contributed by atoms with Crippen LogP contribution in [0.3, 0.4) is 0 Å². The summed E-state index contributed by atoms with van der Waals surface area (Å²) in [5.41, 5.74) is 3.23. The van der Waals surface area contributed by atoms with Crippen molar-refractivity contribution in [2.45, 2.75) is 70.1 Å². The maximum atomic E-state index is 13.1. The lowest BCUT2D eigenvalue weighted by atomic mass is 9.92. The Hall–Kier alpha value is -4.13. The lowest BCUT2D eigenvalue weighted by Gasteiger charge is -2.32. The zero-order valence-electron chi connectivity index (χ0n) is 24.2. The summed E-state index contributed by atoms with van der Waals surface area (Å²) in [6.07, 6.45) is 5.61. The molecular weight excluding hydrogens is 526 g/mol. The third-order valence-electron chi connectivity index (χ3n) is 8.10. The van der Waals surface area contributed by atoms with Gasteiger partial charge >= 0.3 is 0 Å². The normalized spacial score (nSPS) is 16.0. The van der Waals surface area contributed by atoms with Crippen LogP contribution in [0.4, 0.5) is 0 Å². The molecule has 0 spiro atoms. The zero-order chi connectivity index (χ0) is 29.1. The largest absolute Gasteiger partial charge is 0.489 e. The number of carbonyl (C=O) groups is 3. The maximum absolute atomic E-state index is 13.1. The van der Waals surface area contributed by atoms with Gasteiger partial charge in [0.15, 0.2) is 0 Å². The number of benzene rings is 3. The van der Waals surface area contributed by atoms with Gasteiger partial charge in [-0.1, -0.05) is 72.8 Å². The maximum Gasteiger partial charge on any atom is 0.243 e. The van der Waals surface area contributed by atoms with Crippen LogP contribution in [0.15, 0.2) is 84.9 Å². The first-order valence-corrected chi connectivity index (χ1v) is 15.2. The number of amides is 3. The molecule has 3 aromatic carbocycles. The van der Waals surface area contributed by atoms with E-state index in [0.717, 1.165) is 49.0 Å². The molecule has 1 saturated carbocycles. The first-order valence-electron chi connectivity index (χ1n) is 15.2. The molecule has 1 aliphatic carbocycles. The second-order valence-corrected chi connectivity index (χ2v) is 11.5. The van der Waals surface area contributed by atoms with Crippen LogP contribution in [0.1, 0.15) is 55.2 Å². The number of hydrogen-bond donors (Lipinski definition) is 2. The SMILES string of the molecule is O=C(CC1CCN(C(=O)CCc2ccccc2)CC1)NC(Cc1ccc(OCc2ccccc2)cc1)C(=O)NC1CC1. The predicted octanol–water partition coefficient (Wildman–Crippen LogP) is 4.83. The number of carbonyl (C=O) groups excluding carboxylic acids is 3. The van der Waals surface area contributed by atoms with E-state index in [4.69, 9.17) is 4.74 Å². The fourth-order valence-electron chi connectivity index (χ4n) is 5.39. The Kier molecular flexibility index (Phi) is 10.3. The minimum absolute atomic E-state index is 0.109. The summed E-state index contributed by atoms with van der Waals surface area (Å²) in [4.78, 5) is 40.7. The van der Waals surface area contributed by atoms with Crippen molar-refractivity contribution < 1.29 is 19.1 Å². The summed E-state index contributed by atoms with van der Waals surface area (Å²) < 4.78 is 5.89. The van der Waals surface area contributed by atoms with Gasteiger partial charge in [0.25, 0.3) is 0 Å². The van der Waals surface area contributed by atoms with Crippen molar-refractivity contribution in [1.29, 1.82) is 0 Å². The number of ether oxygens (including phenoxy) is 1. The molecule has 1 unspecified atom stereocenters. The van der Waals surface area contributed by atoms with Crippen LogP contribution >= 0.6 is 0 Å². The van der Waals surface area contributed by atoms with Crippen LogP contribution in [0.25, 0.3) is 0 Å². The molecule has 42 heavy (non-hydrogen) atoms. The van der Waals surface area contributed by atoms with Crippen LogP contribution in [0.5, 0.6) is 5.75 Å². The number of aryl methyl sites for hydroxylation is 1. The number of nitrogens with one attached hydrogen (secondary N) is 2. The molecule has 1 atom stereocenters. The summed E-state index contributed by atoms with van der Waals surface area (Å²) in [7, 11) is 0. The molecule has 1 aliphatic heterocycles. The van der Waals surface area contributed by atoms with Crippen molar-refractivity contribution in [3.05, 3.63) is 102 Å². The Balaban J connectivity index is 1.08. The number of piperidine rings is 1. The molecule has 5 rings (SSSR count). The summed E-state index contributed by atoms with van der Waals surface area (Å²) in [6, 6.07) is 27.4. The van der Waals surface area contributed by atoms with Crippen LogP contribution in [0.2, 0.25) is 0 Å². The Labute approximate surface area is 248 Å². The predicted molar refractivity (Wildman–Crippen MR) is 163 cm³/mol. The number of nitrogens with zero attached hydrogens (tertiary/aromatic N) is 1. The van der Waals surface area contributed by atoms with Gasteiger partial charge in [0, 0.05) is 38.4 Å². The Morgan fingerprint density at radius 1 is 0.786 bits per heavy atom. The van der Waals surface area contributed by atoms with Crippen LogP contribution in [0, 0.1) is 5.92 Å². The topological polar surface area (TPSA) is 87.7 Å². The summed E-state index contributed by atoms with van der Waals surface area (Å²) in [6.45, 7) is 1.84. The summed E-state index contributed by atoms with van der Waals surface area (Å²) in [5, 5.41) is 6.07.